The number of hydrogen-bond donors (Lipinski definition) is 0. The lowest BCUT2D eigenvalue weighted by molar-refractivity contribution is -0.136. The Bertz CT molecular complexity index is 288. The van der Waals surface area contributed by atoms with Gasteiger partial charge in [0.25, 0.3) is 0 Å². The number of carbonyl (C=O) groups excluding carboxylic acids is 1. The smallest absolute Gasteiger partial charge is 0.466 e. The molecule has 112 valence electrons. The molecule has 0 aromatic carbocycles. The summed E-state index contributed by atoms with van der Waals surface area (Å²) in [6.45, 7) is -2.87. The highest BCUT2D eigenvalue weighted by Gasteiger charge is 2.27. The van der Waals surface area contributed by atoms with E-state index in [9.17, 15) is 17.7 Å². The van der Waals surface area contributed by atoms with E-state index in [0.717, 1.165) is 32.8 Å². The first kappa shape index (κ1) is 18.1. The molecular formula is C13H23BF3O2-. The van der Waals surface area contributed by atoms with Crippen molar-refractivity contribution in [1.82, 2.24) is 0 Å². The van der Waals surface area contributed by atoms with Crippen LogP contribution in [0.2, 0.25) is 6.32 Å². The maximum absolute atomic E-state index is 12.3. The van der Waals surface area contributed by atoms with Crippen LogP contribution in [0.1, 0.15) is 51.9 Å². The van der Waals surface area contributed by atoms with Crippen LogP contribution in [0.3, 0.4) is 0 Å². The van der Waals surface area contributed by atoms with E-state index in [0.29, 0.717) is 6.42 Å². The zero-order valence-electron chi connectivity index (χ0n) is 11.8. The number of halogens is 3. The van der Waals surface area contributed by atoms with Gasteiger partial charge in [0.05, 0.1) is 7.11 Å². The number of methoxy groups -OCH3 is 1. The first-order valence-corrected chi connectivity index (χ1v) is 6.89. The Morgan fingerprint density at radius 1 is 1.11 bits per heavy atom. The molecule has 0 spiro atoms. The lowest BCUT2D eigenvalue weighted by atomic mass is 9.81. The molecule has 0 aromatic rings. The topological polar surface area (TPSA) is 26.3 Å². The van der Waals surface area contributed by atoms with E-state index >= 15 is 0 Å². The Hall–Kier alpha value is -0.935. The Labute approximate surface area is 113 Å². The number of rotatable bonds is 10. The van der Waals surface area contributed by atoms with Crippen molar-refractivity contribution in [3.63, 3.8) is 0 Å². The second-order valence-corrected chi connectivity index (χ2v) is 4.69. The molecule has 0 saturated carbocycles. The van der Waals surface area contributed by atoms with E-state index in [-0.39, 0.29) is 5.57 Å². The van der Waals surface area contributed by atoms with Crippen molar-refractivity contribution in [1.29, 1.82) is 0 Å². The first-order valence-electron chi connectivity index (χ1n) is 6.89. The quantitative estimate of drug-likeness (QED) is 0.251. The Morgan fingerprint density at radius 2 is 1.68 bits per heavy atom. The van der Waals surface area contributed by atoms with Gasteiger partial charge in [-0.15, -0.1) is 0 Å². The van der Waals surface area contributed by atoms with E-state index in [2.05, 4.69) is 11.7 Å². The van der Waals surface area contributed by atoms with Gasteiger partial charge in [0.15, 0.2) is 0 Å². The average molecular weight is 279 g/mol. The van der Waals surface area contributed by atoms with Crippen molar-refractivity contribution < 1.29 is 22.5 Å². The lowest BCUT2D eigenvalue weighted by Crippen LogP contribution is -2.19. The van der Waals surface area contributed by atoms with Crippen LogP contribution >= 0.6 is 0 Å². The van der Waals surface area contributed by atoms with Gasteiger partial charge in [0.2, 0.25) is 0 Å². The molecule has 0 heterocycles. The summed E-state index contributed by atoms with van der Waals surface area (Å²) in [5, 5.41) is 0. The molecule has 0 aliphatic carbocycles. The Morgan fingerprint density at radius 3 is 2.21 bits per heavy atom. The molecule has 0 saturated heterocycles. The van der Waals surface area contributed by atoms with E-state index in [4.69, 9.17) is 0 Å². The zero-order chi connectivity index (χ0) is 14.7. The Balaban J connectivity index is 4.08. The summed E-state index contributed by atoms with van der Waals surface area (Å²) in [5.74, 6) is -0.870. The highest BCUT2D eigenvalue weighted by atomic mass is 19.4. The Kier molecular flexibility index (Phi) is 9.44. The summed E-state index contributed by atoms with van der Waals surface area (Å²) in [4.78, 5) is 11.2. The molecule has 0 fully saturated rings. The maximum atomic E-state index is 12.3. The molecule has 0 unspecified atom stereocenters. The van der Waals surface area contributed by atoms with Gasteiger partial charge in [-0.25, -0.2) is 4.79 Å². The second-order valence-electron chi connectivity index (χ2n) is 4.69. The monoisotopic (exact) mass is 279 g/mol. The van der Waals surface area contributed by atoms with Crippen molar-refractivity contribution in [3.8, 4) is 0 Å². The lowest BCUT2D eigenvalue weighted by Gasteiger charge is -2.15. The number of allylic oxidation sites excluding steroid dienone is 1. The molecule has 2 nitrogen and oxygen atoms in total. The molecule has 0 N–H and O–H groups in total. The van der Waals surface area contributed by atoms with Crippen LogP contribution in [-0.2, 0) is 9.53 Å². The molecule has 0 aliphatic heterocycles. The van der Waals surface area contributed by atoms with E-state index < -0.39 is 19.3 Å². The van der Waals surface area contributed by atoms with Crippen LogP contribution < -0.4 is 0 Å². The van der Waals surface area contributed by atoms with Gasteiger partial charge in [0.1, 0.15) is 0 Å². The predicted octanol–water partition coefficient (Wildman–Crippen LogP) is 4.68. The molecular weight excluding hydrogens is 256 g/mol. The van der Waals surface area contributed by atoms with Crippen molar-refractivity contribution >= 4 is 12.9 Å². The molecule has 19 heavy (non-hydrogen) atoms. The van der Waals surface area contributed by atoms with Crippen LogP contribution in [0, 0.1) is 0 Å². The molecule has 0 amide bonds. The maximum Gasteiger partial charge on any atom is 0.482 e. The van der Waals surface area contributed by atoms with Crippen LogP contribution in [-0.4, -0.2) is 20.1 Å². The predicted molar refractivity (Wildman–Crippen MR) is 72.0 cm³/mol. The minimum Gasteiger partial charge on any atom is -0.466 e. The molecule has 0 atom stereocenters. The van der Waals surface area contributed by atoms with E-state index in [1.165, 1.54) is 18.9 Å². The van der Waals surface area contributed by atoms with Crippen molar-refractivity contribution in [3.05, 3.63) is 11.6 Å². The molecule has 0 bridgehead atoms. The standard InChI is InChI=1S/C13H23BF3O2/c1-3-4-5-6-7-8-9-10-12(13(18)19-2)11-14(15,16)17/h10H,3-9,11H2,1-2H3/q-1/b12-10+. The first-order chi connectivity index (χ1) is 8.90. The molecule has 0 rings (SSSR count). The minimum absolute atomic E-state index is 0.261. The van der Waals surface area contributed by atoms with Gasteiger partial charge in [-0.3, -0.25) is 0 Å². The van der Waals surface area contributed by atoms with Gasteiger partial charge in [-0.1, -0.05) is 51.4 Å². The van der Waals surface area contributed by atoms with E-state index in [1.54, 1.807) is 0 Å². The zero-order valence-corrected chi connectivity index (χ0v) is 11.8. The number of esters is 1. The number of ether oxygens (including phenoxy) is 1. The summed E-state index contributed by atoms with van der Waals surface area (Å²) in [7, 11) is 1.10. The fraction of sp³-hybridized carbons (Fsp3) is 0.769. The molecule has 0 radical (unpaired) electrons. The van der Waals surface area contributed by atoms with Crippen LogP contribution in [0.15, 0.2) is 11.6 Å². The molecule has 0 aromatic heterocycles. The SMILES string of the molecule is CCCCCCCC/C=C(\C[B-](F)(F)F)C(=O)OC. The summed E-state index contributed by atoms with van der Waals surface area (Å²) in [5.41, 5.74) is -0.261. The van der Waals surface area contributed by atoms with Crippen molar-refractivity contribution in [2.45, 2.75) is 58.2 Å². The van der Waals surface area contributed by atoms with Crippen LogP contribution in [0.25, 0.3) is 0 Å². The normalized spacial score (nSPS) is 12.6. The molecule has 0 aliphatic rings. The fourth-order valence-electron chi connectivity index (χ4n) is 1.83. The summed E-state index contributed by atoms with van der Waals surface area (Å²) in [6.07, 6.45) is 7.15. The largest absolute Gasteiger partial charge is 0.482 e. The highest BCUT2D eigenvalue weighted by molar-refractivity contribution is 6.59. The fourth-order valence-corrected chi connectivity index (χ4v) is 1.83. The van der Waals surface area contributed by atoms with Gasteiger partial charge in [-0.2, -0.15) is 0 Å². The third-order valence-electron chi connectivity index (χ3n) is 2.85. The number of carbonyl (C=O) groups is 1. The third kappa shape index (κ3) is 10.7. The van der Waals surface area contributed by atoms with E-state index in [1.807, 2.05) is 0 Å². The summed E-state index contributed by atoms with van der Waals surface area (Å²) in [6, 6.07) is 0. The second kappa shape index (κ2) is 9.93. The number of unbranched alkanes of at least 4 members (excludes halogenated alkanes) is 6. The van der Waals surface area contributed by atoms with Crippen LogP contribution in [0.4, 0.5) is 12.9 Å². The minimum atomic E-state index is -5.00. The summed E-state index contributed by atoms with van der Waals surface area (Å²) < 4.78 is 41.4. The van der Waals surface area contributed by atoms with Gasteiger partial charge < -0.3 is 17.7 Å². The van der Waals surface area contributed by atoms with Gasteiger partial charge in [0, 0.05) is 5.57 Å². The highest BCUT2D eigenvalue weighted by Crippen LogP contribution is 2.22. The number of hydrogen-bond acceptors (Lipinski definition) is 2. The van der Waals surface area contributed by atoms with Gasteiger partial charge >= 0.3 is 12.9 Å². The van der Waals surface area contributed by atoms with Gasteiger partial charge in [-0.05, 0) is 12.8 Å². The third-order valence-corrected chi connectivity index (χ3v) is 2.85. The summed E-state index contributed by atoms with van der Waals surface area (Å²) >= 11 is 0. The van der Waals surface area contributed by atoms with Crippen molar-refractivity contribution in [2.24, 2.45) is 0 Å². The molecule has 6 heteroatoms. The van der Waals surface area contributed by atoms with Crippen molar-refractivity contribution in [2.75, 3.05) is 7.11 Å². The average Bonchev–Trinajstić information content (AvgIpc) is 2.34. The van der Waals surface area contributed by atoms with Crippen LogP contribution in [0.5, 0.6) is 0 Å².